The number of aromatic nitrogens is 4. The molecule has 3 amide bonds. The number of amides is 3. The molecule has 0 N–H and O–H groups in total. The first-order valence-corrected chi connectivity index (χ1v) is 32.7. The molecule has 6 aromatic carbocycles. The van der Waals surface area contributed by atoms with Gasteiger partial charge in [0, 0.05) is 142 Å². The number of para-hydroxylation sites is 2. The Morgan fingerprint density at radius 3 is 1.42 bits per heavy atom. The molecule has 10 aromatic rings. The summed E-state index contributed by atoms with van der Waals surface area (Å²) in [6, 6.07) is 53.2. The lowest BCUT2D eigenvalue weighted by molar-refractivity contribution is 0.0739. The molecule has 0 bridgehead atoms. The number of pyridine rings is 4. The van der Waals surface area contributed by atoms with Crippen molar-refractivity contribution in [3.05, 3.63) is 257 Å². The van der Waals surface area contributed by atoms with Crippen molar-refractivity contribution >= 4 is 79.1 Å². The fourth-order valence-electron chi connectivity index (χ4n) is 13.0. The summed E-state index contributed by atoms with van der Waals surface area (Å²) in [6.07, 6.45) is 4.02. The molecule has 3 aliphatic rings. The Bertz CT molecular complexity index is 4940. The zero-order valence-electron chi connectivity index (χ0n) is 54.9. The molecule has 3 fully saturated rings. The zero-order chi connectivity index (χ0) is 69.1. The number of carbonyl (C=O) groups is 3. The number of carbonyl (C=O) groups excluding carboxylic acids is 3. The van der Waals surface area contributed by atoms with Gasteiger partial charge >= 0.3 is 0 Å². The molecule has 3 saturated heterocycles. The molecule has 3 aliphatic heterocycles. The van der Waals surface area contributed by atoms with Gasteiger partial charge in [-0.15, -0.1) is 0 Å². The summed E-state index contributed by atoms with van der Waals surface area (Å²) in [5.74, 6) is -0.618. The number of hydrogen-bond acceptors (Lipinski definition) is 14. The van der Waals surface area contributed by atoms with E-state index in [9.17, 15) is 48.9 Å². The highest BCUT2D eigenvalue weighted by atomic mass is 35.5. The smallest absolute Gasteiger partial charge is 0.271 e. The van der Waals surface area contributed by atoms with Crippen molar-refractivity contribution in [3.8, 4) is 18.2 Å². The summed E-state index contributed by atoms with van der Waals surface area (Å²) in [4.78, 5) is 95.5. The number of nitrogens with zero attached hydrogens (tertiary/aromatic N) is 14. The van der Waals surface area contributed by atoms with E-state index in [0.29, 0.717) is 130 Å². The van der Waals surface area contributed by atoms with Crippen LogP contribution in [-0.2, 0) is 20.1 Å². The number of fused-ring (bicyclic) bond motifs is 3. The molecule has 496 valence electrons. The summed E-state index contributed by atoms with van der Waals surface area (Å²) in [6.45, 7) is 9.87. The largest absolute Gasteiger partial charge is 0.366 e. The average molecular weight is 1330 g/mol. The minimum absolute atomic E-state index is 0.0311. The molecule has 0 atom stereocenters. The van der Waals surface area contributed by atoms with E-state index >= 15 is 0 Å². The van der Waals surface area contributed by atoms with Gasteiger partial charge in [-0.1, -0.05) is 90.0 Å². The third-order valence-electron chi connectivity index (χ3n) is 18.1. The molecule has 4 aromatic heterocycles. The number of nitriles is 3. The third-order valence-corrected chi connectivity index (χ3v) is 18.3. The van der Waals surface area contributed by atoms with Crippen LogP contribution in [0.5, 0.6) is 0 Å². The quantitative estimate of drug-likeness (QED) is 0.111. The summed E-state index contributed by atoms with van der Waals surface area (Å²) >= 11 is 5.95. The Labute approximate surface area is 571 Å². The van der Waals surface area contributed by atoms with Gasteiger partial charge in [0.2, 0.25) is 0 Å². The van der Waals surface area contributed by atoms with Crippen LogP contribution in [0.1, 0.15) is 65.3 Å². The molecule has 7 heterocycles. The number of piperazine rings is 3. The highest BCUT2D eigenvalue weighted by Gasteiger charge is 2.31. The summed E-state index contributed by atoms with van der Waals surface area (Å²) in [5, 5.41) is 32.9. The monoisotopic (exact) mass is 1330 g/mol. The molecular formula is C76H72ClFN14O6. The van der Waals surface area contributed by atoms with Crippen LogP contribution >= 0.6 is 11.6 Å². The number of halogens is 2. The second-order valence-electron chi connectivity index (χ2n) is 24.5. The van der Waals surface area contributed by atoms with Crippen molar-refractivity contribution in [2.45, 2.75) is 26.4 Å². The van der Waals surface area contributed by atoms with E-state index in [1.54, 1.807) is 74.8 Å². The summed E-state index contributed by atoms with van der Waals surface area (Å²) in [7, 11) is 5.69. The lowest BCUT2D eigenvalue weighted by atomic mass is 10.0. The van der Waals surface area contributed by atoms with Gasteiger partial charge in [-0.25, -0.2) is 4.39 Å². The molecule has 0 radical (unpaired) electrons. The van der Waals surface area contributed by atoms with E-state index in [1.807, 2.05) is 127 Å². The van der Waals surface area contributed by atoms with Crippen molar-refractivity contribution in [2.75, 3.05) is 114 Å². The van der Waals surface area contributed by atoms with Crippen molar-refractivity contribution in [1.29, 1.82) is 15.8 Å². The number of anilines is 3. The van der Waals surface area contributed by atoms with Crippen molar-refractivity contribution < 1.29 is 18.8 Å². The zero-order valence-corrected chi connectivity index (χ0v) is 55.7. The van der Waals surface area contributed by atoms with E-state index in [2.05, 4.69) is 39.1 Å². The Morgan fingerprint density at radius 1 is 0.500 bits per heavy atom. The predicted molar refractivity (Wildman–Crippen MR) is 380 cm³/mol. The minimum atomic E-state index is -0.385. The molecule has 98 heavy (non-hydrogen) atoms. The Morgan fingerprint density at radius 2 is 0.918 bits per heavy atom. The van der Waals surface area contributed by atoms with Crippen LogP contribution in [0.3, 0.4) is 0 Å². The van der Waals surface area contributed by atoms with Gasteiger partial charge in [0.1, 0.15) is 40.7 Å². The lowest BCUT2D eigenvalue weighted by Gasteiger charge is -2.37. The molecule has 20 nitrogen and oxygen atoms in total. The van der Waals surface area contributed by atoms with Gasteiger partial charge < -0.3 is 48.0 Å². The van der Waals surface area contributed by atoms with Crippen molar-refractivity contribution in [1.82, 2.24) is 38.3 Å². The first-order chi connectivity index (χ1) is 47.5. The maximum absolute atomic E-state index is 13.5. The topological polar surface area (TPSA) is 224 Å². The van der Waals surface area contributed by atoms with E-state index in [1.165, 1.54) is 28.8 Å². The standard InChI is InChI=1S/C28H23FN4O2.C27H30ClN5O2.C21H19N5O2/c29-22-12-10-21(11-13-22)27(34)32-16-14-31(15-17-32)26-23-8-4-5-9-25(23)33(28(35)24(26)18-30)19-20-6-2-1-3-7-20;1-19-5-10-24-22(17-19)25(23(18-29)27(35)33(24)12-4-11-30(2)3)31-13-15-32(16-14-31)26(34)20-6-8-21(28)9-7-20;1-24-18-5-3-2-4-16(18)19(17(14-22)21(24)28)25-10-12-26(13-11-25)20(27)15-6-8-23-9-7-15/h1-13H,14-17,19H2;5-10,17H,4,11-16H2,1-3H3;2-9H,10-13H2,1H3. The van der Waals surface area contributed by atoms with E-state index in [4.69, 9.17) is 11.6 Å². The van der Waals surface area contributed by atoms with Crippen molar-refractivity contribution in [3.63, 3.8) is 0 Å². The molecule has 0 spiro atoms. The van der Waals surface area contributed by atoms with E-state index in [0.717, 1.165) is 56.8 Å². The molecule has 0 unspecified atom stereocenters. The second-order valence-corrected chi connectivity index (χ2v) is 24.9. The van der Waals surface area contributed by atoms with Crippen LogP contribution in [0, 0.1) is 46.7 Å². The van der Waals surface area contributed by atoms with Gasteiger partial charge in [-0.3, -0.25) is 33.8 Å². The Hall–Kier alpha value is -11.4. The normalized spacial score (nSPS) is 13.9. The first kappa shape index (κ1) is 68.0. The highest BCUT2D eigenvalue weighted by molar-refractivity contribution is 6.30. The Balaban J connectivity index is 0.000000150. The highest BCUT2D eigenvalue weighted by Crippen LogP contribution is 2.34. The van der Waals surface area contributed by atoms with E-state index < -0.39 is 0 Å². The number of hydrogen-bond donors (Lipinski definition) is 0. The van der Waals surface area contributed by atoms with Crippen LogP contribution < -0.4 is 31.4 Å². The van der Waals surface area contributed by atoms with Crippen molar-refractivity contribution in [2.24, 2.45) is 7.05 Å². The van der Waals surface area contributed by atoms with Gasteiger partial charge in [-0.05, 0) is 124 Å². The predicted octanol–water partition coefficient (Wildman–Crippen LogP) is 9.54. The summed E-state index contributed by atoms with van der Waals surface area (Å²) < 4.78 is 18.1. The maximum atomic E-state index is 13.5. The fourth-order valence-corrected chi connectivity index (χ4v) is 13.2. The second kappa shape index (κ2) is 30.5. The lowest BCUT2D eigenvalue weighted by Crippen LogP contribution is -2.49. The van der Waals surface area contributed by atoms with Crippen LogP contribution in [0.15, 0.2) is 185 Å². The van der Waals surface area contributed by atoms with Gasteiger partial charge in [0.15, 0.2) is 0 Å². The molecule has 22 heteroatoms. The fraction of sp³-hybridized carbons (Fsp3) is 0.263. The molecule has 13 rings (SSSR count). The van der Waals surface area contributed by atoms with E-state index in [-0.39, 0.29) is 56.9 Å². The van der Waals surface area contributed by atoms with Gasteiger partial charge in [0.05, 0.1) is 40.2 Å². The van der Waals surface area contributed by atoms with Crippen LogP contribution in [-0.4, -0.2) is 155 Å². The maximum Gasteiger partial charge on any atom is 0.271 e. The third kappa shape index (κ3) is 14.5. The van der Waals surface area contributed by atoms with Gasteiger partial charge in [0.25, 0.3) is 34.4 Å². The number of benzene rings is 6. The summed E-state index contributed by atoms with van der Waals surface area (Å²) in [5.41, 5.74) is 7.60. The average Bonchev–Trinajstić information content (AvgIpc) is 0.765. The van der Waals surface area contributed by atoms with Crippen LogP contribution in [0.25, 0.3) is 32.7 Å². The number of rotatable bonds is 12. The first-order valence-electron chi connectivity index (χ1n) is 32.4. The molecular weight excluding hydrogens is 1260 g/mol. The SMILES string of the molecule is Cc1ccc2c(c1)c(N1CCN(C(=O)c3ccc(Cl)cc3)CC1)c(C#N)c(=O)n2CCCN(C)C.Cn1c(=O)c(C#N)c(N2CCN(C(=O)c3ccncc3)CC2)c2ccccc21.N#Cc1c(N2CCN(C(=O)c3ccc(F)cc3)CC2)c2ccccc2n(Cc2ccccc2)c1=O. The Kier molecular flexibility index (Phi) is 21.2. The molecule has 0 aliphatic carbocycles. The molecule has 0 saturated carbocycles. The van der Waals surface area contributed by atoms with Crippen LogP contribution in [0.2, 0.25) is 5.02 Å². The number of aryl methyl sites for hydroxylation is 3. The minimum Gasteiger partial charge on any atom is -0.366 e. The van der Waals surface area contributed by atoms with Crippen LogP contribution in [0.4, 0.5) is 21.5 Å². The van der Waals surface area contributed by atoms with Gasteiger partial charge in [-0.2, -0.15) is 15.8 Å².